The third-order valence-electron chi connectivity index (χ3n) is 3.99. The van der Waals surface area contributed by atoms with Crippen molar-refractivity contribution in [3.8, 4) is 0 Å². The van der Waals surface area contributed by atoms with Crippen molar-refractivity contribution in [1.29, 1.82) is 0 Å². The predicted octanol–water partition coefficient (Wildman–Crippen LogP) is 1.70. The number of hydrogen-bond acceptors (Lipinski definition) is 2. The number of nitrogens with two attached hydrogens (primary N) is 1. The van der Waals surface area contributed by atoms with Gasteiger partial charge in [-0.25, -0.2) is 0 Å². The molecule has 2 rings (SSSR count). The van der Waals surface area contributed by atoms with Gasteiger partial charge >= 0.3 is 0 Å². The smallest absolute Gasteiger partial charge is 0.0266 e. The van der Waals surface area contributed by atoms with Crippen LogP contribution >= 0.6 is 0 Å². The van der Waals surface area contributed by atoms with Gasteiger partial charge in [-0.2, -0.15) is 0 Å². The van der Waals surface area contributed by atoms with Gasteiger partial charge in [-0.15, -0.1) is 0 Å². The van der Waals surface area contributed by atoms with Crippen LogP contribution in [0.25, 0.3) is 0 Å². The molecule has 2 nitrogen and oxygen atoms in total. The Morgan fingerprint density at radius 1 is 1.36 bits per heavy atom. The standard InChI is InChI=1S/C12H24N2/c1-12(2,3)11(7-13)14-5-4-9-6-10(9)8-14/h9-11H,4-8,13H2,1-3H3. The Bertz CT molecular complexity index is 207. The minimum Gasteiger partial charge on any atom is -0.329 e. The Morgan fingerprint density at radius 3 is 2.57 bits per heavy atom. The summed E-state index contributed by atoms with van der Waals surface area (Å²) in [6, 6.07) is 0.573. The molecule has 1 aliphatic carbocycles. The summed E-state index contributed by atoms with van der Waals surface area (Å²) in [6.07, 6.45) is 2.90. The van der Waals surface area contributed by atoms with E-state index in [-0.39, 0.29) is 0 Å². The van der Waals surface area contributed by atoms with Gasteiger partial charge in [0.1, 0.15) is 0 Å². The molecule has 0 radical (unpaired) electrons. The van der Waals surface area contributed by atoms with E-state index in [1.165, 1.54) is 25.9 Å². The first-order valence-electron chi connectivity index (χ1n) is 5.96. The fourth-order valence-corrected chi connectivity index (χ4v) is 2.95. The summed E-state index contributed by atoms with van der Waals surface area (Å²) in [6.45, 7) is 10.3. The van der Waals surface area contributed by atoms with Gasteiger partial charge in [0.25, 0.3) is 0 Å². The van der Waals surface area contributed by atoms with Crippen molar-refractivity contribution >= 4 is 0 Å². The van der Waals surface area contributed by atoms with E-state index in [4.69, 9.17) is 5.73 Å². The quantitative estimate of drug-likeness (QED) is 0.728. The fraction of sp³-hybridized carbons (Fsp3) is 1.00. The van der Waals surface area contributed by atoms with Gasteiger partial charge in [0.2, 0.25) is 0 Å². The molecule has 1 saturated carbocycles. The van der Waals surface area contributed by atoms with Crippen LogP contribution in [-0.4, -0.2) is 30.6 Å². The molecule has 2 aliphatic rings. The summed E-state index contributed by atoms with van der Waals surface area (Å²) >= 11 is 0. The van der Waals surface area contributed by atoms with Gasteiger partial charge in [-0.3, -0.25) is 4.90 Å². The molecule has 14 heavy (non-hydrogen) atoms. The maximum atomic E-state index is 5.91. The zero-order chi connectivity index (χ0) is 10.3. The summed E-state index contributed by atoms with van der Waals surface area (Å²) in [7, 11) is 0. The maximum absolute atomic E-state index is 5.91. The summed E-state index contributed by atoms with van der Waals surface area (Å²) in [4.78, 5) is 2.63. The first-order valence-corrected chi connectivity index (χ1v) is 5.96. The van der Waals surface area contributed by atoms with E-state index in [0.717, 1.165) is 18.4 Å². The van der Waals surface area contributed by atoms with Gasteiger partial charge in [0.15, 0.2) is 0 Å². The molecule has 0 bridgehead atoms. The van der Waals surface area contributed by atoms with Crippen LogP contribution in [-0.2, 0) is 0 Å². The van der Waals surface area contributed by atoms with E-state index < -0.39 is 0 Å². The molecule has 3 unspecified atom stereocenters. The molecule has 1 aliphatic heterocycles. The van der Waals surface area contributed by atoms with E-state index in [0.29, 0.717) is 11.5 Å². The van der Waals surface area contributed by atoms with Crippen molar-refractivity contribution < 1.29 is 0 Å². The molecule has 0 aromatic heterocycles. The van der Waals surface area contributed by atoms with Crippen LogP contribution in [0.2, 0.25) is 0 Å². The Morgan fingerprint density at radius 2 is 2.07 bits per heavy atom. The van der Waals surface area contributed by atoms with Gasteiger partial charge in [0.05, 0.1) is 0 Å². The molecule has 1 heterocycles. The van der Waals surface area contributed by atoms with Crippen molar-refractivity contribution in [1.82, 2.24) is 4.90 Å². The average molecular weight is 196 g/mol. The zero-order valence-corrected chi connectivity index (χ0v) is 9.79. The average Bonchev–Trinajstić information content (AvgIpc) is 2.80. The molecule has 3 atom stereocenters. The lowest BCUT2D eigenvalue weighted by molar-refractivity contribution is 0.0816. The van der Waals surface area contributed by atoms with Crippen molar-refractivity contribution in [2.24, 2.45) is 23.0 Å². The number of fused-ring (bicyclic) bond motifs is 1. The monoisotopic (exact) mass is 196 g/mol. The van der Waals surface area contributed by atoms with Crippen LogP contribution in [0.3, 0.4) is 0 Å². The van der Waals surface area contributed by atoms with Crippen molar-refractivity contribution in [2.45, 2.75) is 39.7 Å². The number of piperidine rings is 1. The lowest BCUT2D eigenvalue weighted by Gasteiger charge is -2.41. The molecule has 0 aromatic rings. The molecule has 2 N–H and O–H groups in total. The lowest BCUT2D eigenvalue weighted by Crippen LogP contribution is -2.51. The largest absolute Gasteiger partial charge is 0.329 e. The summed E-state index contributed by atoms with van der Waals surface area (Å²) < 4.78 is 0. The summed E-state index contributed by atoms with van der Waals surface area (Å²) in [5.74, 6) is 2.09. The van der Waals surface area contributed by atoms with Crippen molar-refractivity contribution in [3.05, 3.63) is 0 Å². The van der Waals surface area contributed by atoms with Crippen molar-refractivity contribution in [3.63, 3.8) is 0 Å². The highest BCUT2D eigenvalue weighted by Crippen LogP contribution is 2.46. The Kier molecular flexibility index (Phi) is 2.61. The van der Waals surface area contributed by atoms with Crippen molar-refractivity contribution in [2.75, 3.05) is 19.6 Å². The molecule has 0 amide bonds. The number of likely N-dealkylation sites (tertiary alicyclic amines) is 1. The zero-order valence-electron chi connectivity index (χ0n) is 9.79. The van der Waals surface area contributed by atoms with Crippen LogP contribution in [0.5, 0.6) is 0 Å². The Hall–Kier alpha value is -0.0800. The molecular formula is C12H24N2. The third-order valence-corrected chi connectivity index (χ3v) is 3.99. The van der Waals surface area contributed by atoms with Crippen LogP contribution in [0.4, 0.5) is 0 Å². The van der Waals surface area contributed by atoms with Gasteiger partial charge in [0, 0.05) is 19.1 Å². The first kappa shape index (κ1) is 10.4. The van der Waals surface area contributed by atoms with Crippen LogP contribution in [0.1, 0.15) is 33.6 Å². The summed E-state index contributed by atoms with van der Waals surface area (Å²) in [5, 5.41) is 0. The highest BCUT2D eigenvalue weighted by Gasteiger charge is 2.44. The fourth-order valence-electron chi connectivity index (χ4n) is 2.95. The topological polar surface area (TPSA) is 29.3 Å². The second-order valence-electron chi connectivity index (χ2n) is 6.16. The molecular weight excluding hydrogens is 172 g/mol. The Balaban J connectivity index is 1.97. The van der Waals surface area contributed by atoms with E-state index in [1.807, 2.05) is 0 Å². The molecule has 0 spiro atoms. The first-order chi connectivity index (χ1) is 6.52. The molecule has 82 valence electrons. The van der Waals surface area contributed by atoms with E-state index in [9.17, 15) is 0 Å². The predicted molar refractivity (Wildman–Crippen MR) is 60.1 cm³/mol. The van der Waals surface area contributed by atoms with E-state index in [1.54, 1.807) is 0 Å². The van der Waals surface area contributed by atoms with Crippen LogP contribution in [0.15, 0.2) is 0 Å². The minimum absolute atomic E-state index is 0.330. The molecule has 1 saturated heterocycles. The van der Waals surface area contributed by atoms with Gasteiger partial charge < -0.3 is 5.73 Å². The number of rotatable bonds is 2. The van der Waals surface area contributed by atoms with Crippen LogP contribution in [0, 0.1) is 17.3 Å². The summed E-state index contributed by atoms with van der Waals surface area (Å²) in [5.41, 5.74) is 6.24. The molecule has 2 fully saturated rings. The molecule has 2 heteroatoms. The Labute approximate surface area is 87.8 Å². The second-order valence-corrected chi connectivity index (χ2v) is 6.16. The van der Waals surface area contributed by atoms with E-state index >= 15 is 0 Å². The maximum Gasteiger partial charge on any atom is 0.0266 e. The SMILES string of the molecule is CC(C)(C)C(CN)N1CCC2CC2C1. The highest BCUT2D eigenvalue weighted by atomic mass is 15.2. The normalized spacial score (nSPS) is 35.1. The third kappa shape index (κ3) is 1.96. The second kappa shape index (κ2) is 3.49. The van der Waals surface area contributed by atoms with Crippen LogP contribution < -0.4 is 5.73 Å². The lowest BCUT2D eigenvalue weighted by atomic mass is 9.85. The van der Waals surface area contributed by atoms with Gasteiger partial charge in [-0.1, -0.05) is 20.8 Å². The molecule has 0 aromatic carbocycles. The number of hydrogen-bond donors (Lipinski definition) is 1. The van der Waals surface area contributed by atoms with Gasteiger partial charge in [-0.05, 0) is 36.6 Å². The number of nitrogens with zero attached hydrogens (tertiary/aromatic N) is 1. The van der Waals surface area contributed by atoms with E-state index in [2.05, 4.69) is 25.7 Å². The highest BCUT2D eigenvalue weighted by molar-refractivity contribution is 4.96. The minimum atomic E-state index is 0.330.